The Hall–Kier alpha value is -1.31. The van der Waals surface area contributed by atoms with Crippen LogP contribution in [0.25, 0.3) is 0 Å². The minimum absolute atomic E-state index is 0.0919. The van der Waals surface area contributed by atoms with Crippen molar-refractivity contribution < 1.29 is 27.5 Å². The predicted molar refractivity (Wildman–Crippen MR) is 120 cm³/mol. The first-order chi connectivity index (χ1) is 14.1. The first kappa shape index (κ1) is 28.7. The molecule has 178 valence electrons. The van der Waals surface area contributed by atoms with Gasteiger partial charge in [-0.3, -0.25) is 4.79 Å². The summed E-state index contributed by atoms with van der Waals surface area (Å²) in [4.78, 5) is 22.7. The van der Waals surface area contributed by atoms with Gasteiger partial charge in [0.2, 0.25) is 0 Å². The van der Waals surface area contributed by atoms with Gasteiger partial charge in [0.05, 0.1) is 18.1 Å². The molecule has 0 aliphatic heterocycles. The summed E-state index contributed by atoms with van der Waals surface area (Å²) < 4.78 is 34.1. The van der Waals surface area contributed by atoms with Crippen LogP contribution in [0.3, 0.4) is 0 Å². The zero-order valence-corrected chi connectivity index (χ0v) is 20.3. The fourth-order valence-corrected chi connectivity index (χ4v) is 4.39. The zero-order chi connectivity index (χ0) is 22.9. The van der Waals surface area contributed by atoms with Gasteiger partial charge >= 0.3 is 12.1 Å². The van der Waals surface area contributed by atoms with Crippen molar-refractivity contribution in [2.24, 2.45) is 0 Å². The van der Waals surface area contributed by atoms with Gasteiger partial charge in [-0.1, -0.05) is 44.9 Å². The minimum Gasteiger partial charge on any atom is -0.466 e. The summed E-state index contributed by atoms with van der Waals surface area (Å²) in [7, 11) is -3.06. The molecule has 0 spiro atoms. The molecular formula is C22H43NO6S. The van der Waals surface area contributed by atoms with Crippen LogP contribution >= 0.6 is 0 Å². The molecule has 0 aromatic heterocycles. The first-order valence-electron chi connectivity index (χ1n) is 11.4. The third-order valence-electron chi connectivity index (χ3n) is 4.44. The van der Waals surface area contributed by atoms with Crippen molar-refractivity contribution in [3.8, 4) is 0 Å². The lowest BCUT2D eigenvalue weighted by atomic mass is 10.1. The Bertz CT molecular complexity index is 569. The highest BCUT2D eigenvalue weighted by molar-refractivity contribution is 7.91. The SMILES string of the molecule is CCOC(=O)CCCCCCCCCCCS(=O)(=O)CCCNC(=O)OC(C)(C)C. The number of hydrogen-bond acceptors (Lipinski definition) is 6. The molecule has 0 unspecified atom stereocenters. The Morgan fingerprint density at radius 3 is 1.83 bits per heavy atom. The van der Waals surface area contributed by atoms with Crippen molar-refractivity contribution in [3.63, 3.8) is 0 Å². The molecule has 0 fully saturated rings. The van der Waals surface area contributed by atoms with Crippen LogP contribution in [0.4, 0.5) is 4.79 Å². The topological polar surface area (TPSA) is 98.8 Å². The van der Waals surface area contributed by atoms with Gasteiger partial charge in [0.25, 0.3) is 0 Å². The molecule has 8 heteroatoms. The normalized spacial score (nSPS) is 11.9. The van der Waals surface area contributed by atoms with Crippen LogP contribution < -0.4 is 5.32 Å². The number of nitrogens with one attached hydrogen (secondary N) is 1. The minimum atomic E-state index is -3.06. The number of alkyl carbamates (subject to hydrolysis) is 1. The highest BCUT2D eigenvalue weighted by Crippen LogP contribution is 2.12. The maximum Gasteiger partial charge on any atom is 0.407 e. The largest absolute Gasteiger partial charge is 0.466 e. The van der Waals surface area contributed by atoms with Gasteiger partial charge in [0.1, 0.15) is 15.4 Å². The van der Waals surface area contributed by atoms with Crippen molar-refractivity contribution in [2.45, 2.75) is 104 Å². The lowest BCUT2D eigenvalue weighted by Crippen LogP contribution is -2.33. The van der Waals surface area contributed by atoms with Crippen molar-refractivity contribution in [2.75, 3.05) is 24.7 Å². The highest BCUT2D eigenvalue weighted by atomic mass is 32.2. The lowest BCUT2D eigenvalue weighted by molar-refractivity contribution is -0.143. The first-order valence-corrected chi connectivity index (χ1v) is 13.2. The second-order valence-electron chi connectivity index (χ2n) is 8.67. The molecule has 0 bridgehead atoms. The van der Waals surface area contributed by atoms with Crippen molar-refractivity contribution in [1.29, 1.82) is 0 Å². The summed E-state index contributed by atoms with van der Waals surface area (Å²) in [5.41, 5.74) is -0.555. The average Bonchev–Trinajstić information content (AvgIpc) is 2.62. The van der Waals surface area contributed by atoms with E-state index in [2.05, 4.69) is 5.32 Å². The van der Waals surface area contributed by atoms with Crippen LogP contribution in [0.15, 0.2) is 0 Å². The zero-order valence-electron chi connectivity index (χ0n) is 19.5. The summed E-state index contributed by atoms with van der Waals surface area (Å²) in [5, 5.41) is 2.58. The third kappa shape index (κ3) is 20.0. The van der Waals surface area contributed by atoms with E-state index < -0.39 is 21.5 Å². The molecule has 0 rings (SSSR count). The standard InChI is InChI=1S/C22H43NO6S/c1-5-28-20(24)16-13-11-9-7-6-8-10-12-14-18-30(26,27)19-15-17-23-21(25)29-22(2,3)4/h5-19H2,1-4H3,(H,23,25). The molecule has 1 amide bonds. The highest BCUT2D eigenvalue weighted by Gasteiger charge is 2.16. The number of ether oxygens (including phenoxy) is 2. The van der Waals surface area contributed by atoms with Gasteiger partial charge in [-0.25, -0.2) is 13.2 Å². The Kier molecular flexibility index (Phi) is 15.7. The van der Waals surface area contributed by atoms with Gasteiger partial charge in [0.15, 0.2) is 0 Å². The monoisotopic (exact) mass is 449 g/mol. The molecule has 7 nitrogen and oxygen atoms in total. The summed E-state index contributed by atoms with van der Waals surface area (Å²) in [6.45, 7) is 7.92. The van der Waals surface area contributed by atoms with Crippen molar-refractivity contribution in [1.82, 2.24) is 5.32 Å². The van der Waals surface area contributed by atoms with E-state index in [1.165, 1.54) is 0 Å². The molecule has 0 aliphatic rings. The van der Waals surface area contributed by atoms with E-state index in [-0.39, 0.29) is 17.5 Å². The Balaban J connectivity index is 3.54. The van der Waals surface area contributed by atoms with Crippen LogP contribution in [-0.2, 0) is 24.1 Å². The van der Waals surface area contributed by atoms with Crippen LogP contribution in [0, 0.1) is 0 Å². The Labute approximate surface area is 183 Å². The molecule has 30 heavy (non-hydrogen) atoms. The number of esters is 1. The number of amides is 1. The van der Waals surface area contributed by atoms with Crippen LogP contribution in [0.5, 0.6) is 0 Å². The Morgan fingerprint density at radius 2 is 1.30 bits per heavy atom. The fraction of sp³-hybridized carbons (Fsp3) is 0.909. The third-order valence-corrected chi connectivity index (χ3v) is 6.26. The van der Waals surface area contributed by atoms with Gasteiger partial charge in [-0.2, -0.15) is 0 Å². The number of rotatable bonds is 17. The lowest BCUT2D eigenvalue weighted by Gasteiger charge is -2.19. The van der Waals surface area contributed by atoms with E-state index in [0.29, 0.717) is 32.4 Å². The van der Waals surface area contributed by atoms with E-state index in [0.717, 1.165) is 51.4 Å². The summed E-state index contributed by atoms with van der Waals surface area (Å²) in [6.07, 6.45) is 9.59. The fourth-order valence-electron chi connectivity index (χ4n) is 2.96. The predicted octanol–water partition coefficient (Wildman–Crippen LogP) is 4.78. The van der Waals surface area contributed by atoms with Crippen LogP contribution in [0.2, 0.25) is 0 Å². The van der Waals surface area contributed by atoms with E-state index in [1.54, 1.807) is 20.8 Å². The van der Waals surface area contributed by atoms with Gasteiger partial charge < -0.3 is 14.8 Å². The van der Waals surface area contributed by atoms with Crippen LogP contribution in [-0.4, -0.2) is 50.7 Å². The molecule has 1 N–H and O–H groups in total. The molecule has 0 aliphatic carbocycles. The number of hydrogen-bond donors (Lipinski definition) is 1. The Morgan fingerprint density at radius 1 is 0.800 bits per heavy atom. The molecule has 0 saturated heterocycles. The molecule has 0 aromatic rings. The maximum absolute atomic E-state index is 12.1. The second kappa shape index (κ2) is 16.4. The number of carbonyl (C=O) groups excluding carboxylic acids is 2. The number of carbonyl (C=O) groups is 2. The summed E-state index contributed by atoms with van der Waals surface area (Å²) in [6, 6.07) is 0. The molecule has 0 heterocycles. The van der Waals surface area contributed by atoms with Gasteiger partial charge in [-0.05, 0) is 47.0 Å². The van der Waals surface area contributed by atoms with E-state index >= 15 is 0 Å². The smallest absolute Gasteiger partial charge is 0.407 e. The number of sulfone groups is 1. The van der Waals surface area contributed by atoms with Gasteiger partial charge in [0, 0.05) is 13.0 Å². The second-order valence-corrected chi connectivity index (χ2v) is 11.0. The maximum atomic E-state index is 12.1. The van der Waals surface area contributed by atoms with E-state index in [4.69, 9.17) is 9.47 Å². The van der Waals surface area contributed by atoms with Crippen molar-refractivity contribution >= 4 is 21.9 Å². The summed E-state index contributed by atoms with van der Waals surface area (Å²) >= 11 is 0. The van der Waals surface area contributed by atoms with E-state index in [9.17, 15) is 18.0 Å². The van der Waals surface area contributed by atoms with Gasteiger partial charge in [-0.15, -0.1) is 0 Å². The molecule has 0 saturated carbocycles. The van der Waals surface area contributed by atoms with E-state index in [1.807, 2.05) is 6.92 Å². The molecule has 0 radical (unpaired) electrons. The van der Waals surface area contributed by atoms with Crippen molar-refractivity contribution in [3.05, 3.63) is 0 Å². The average molecular weight is 450 g/mol. The van der Waals surface area contributed by atoms with Crippen LogP contribution in [0.1, 0.15) is 98.3 Å². The molecule has 0 atom stereocenters. The summed E-state index contributed by atoms with van der Waals surface area (Å²) in [5.74, 6) is 0.203. The molecule has 0 aromatic carbocycles. The number of unbranched alkanes of at least 4 members (excludes halogenated alkanes) is 8. The molecular weight excluding hydrogens is 406 g/mol. The quantitative estimate of drug-likeness (QED) is 0.253.